The van der Waals surface area contributed by atoms with Gasteiger partial charge in [-0.1, -0.05) is 12.1 Å². The van der Waals surface area contributed by atoms with Crippen molar-refractivity contribution in [2.24, 2.45) is 0 Å². The number of amides is 1. The van der Waals surface area contributed by atoms with Crippen LogP contribution in [0.4, 0.5) is 5.95 Å². The third-order valence-electron chi connectivity index (χ3n) is 2.63. The Morgan fingerprint density at radius 1 is 1.21 bits per heavy atom. The normalized spacial score (nSPS) is 10.6. The number of anilines is 1. The summed E-state index contributed by atoms with van der Waals surface area (Å²) >= 11 is 0. The number of benzene rings is 1. The van der Waals surface area contributed by atoms with Crippen molar-refractivity contribution >= 4 is 22.9 Å². The van der Waals surface area contributed by atoms with Crippen LogP contribution in [0, 0.1) is 6.92 Å². The van der Waals surface area contributed by atoms with Gasteiger partial charge in [0.05, 0.1) is 11.0 Å². The molecule has 0 aliphatic heterocycles. The number of hydrogen-bond acceptors (Lipinski definition) is 4. The third-order valence-corrected chi connectivity index (χ3v) is 2.63. The van der Waals surface area contributed by atoms with Gasteiger partial charge in [-0.2, -0.15) is 0 Å². The minimum atomic E-state index is -0.315. The van der Waals surface area contributed by atoms with Crippen LogP contribution in [-0.2, 0) is 0 Å². The first-order valence-corrected chi connectivity index (χ1v) is 5.78. The largest absolute Gasteiger partial charge is 0.324 e. The number of nitrogens with one attached hydrogen (secondary N) is 2. The first kappa shape index (κ1) is 11.3. The molecule has 3 aromatic rings. The molecule has 19 heavy (non-hydrogen) atoms. The maximum atomic E-state index is 12.0. The number of aromatic amines is 1. The molecule has 2 heterocycles. The van der Waals surface area contributed by atoms with Gasteiger partial charge >= 0.3 is 0 Å². The summed E-state index contributed by atoms with van der Waals surface area (Å²) < 4.78 is 0. The average Bonchev–Trinajstić information content (AvgIpc) is 2.80. The number of carbonyl (C=O) groups excluding carboxylic acids is 1. The van der Waals surface area contributed by atoms with E-state index in [1.807, 2.05) is 24.3 Å². The molecule has 0 aliphatic rings. The first-order valence-electron chi connectivity index (χ1n) is 5.78. The van der Waals surface area contributed by atoms with Crippen LogP contribution in [0.15, 0.2) is 36.5 Å². The molecule has 0 bridgehead atoms. The van der Waals surface area contributed by atoms with E-state index in [1.54, 1.807) is 19.2 Å². The Bertz CT molecular complexity index is 716. The molecule has 1 amide bonds. The number of fused-ring (bicyclic) bond motifs is 1. The molecule has 0 radical (unpaired) electrons. The van der Waals surface area contributed by atoms with E-state index in [-0.39, 0.29) is 5.91 Å². The molecule has 0 saturated heterocycles. The zero-order chi connectivity index (χ0) is 13.2. The highest BCUT2D eigenvalue weighted by atomic mass is 16.2. The second kappa shape index (κ2) is 4.49. The lowest BCUT2D eigenvalue weighted by Crippen LogP contribution is -2.15. The fraction of sp³-hybridized carbons (Fsp3) is 0.0769. The SMILES string of the molecule is Cc1nccc(C(=O)Nc2nc3ccccc3[nH]2)n1. The van der Waals surface area contributed by atoms with E-state index in [1.165, 1.54) is 0 Å². The van der Waals surface area contributed by atoms with Gasteiger partial charge in [-0.15, -0.1) is 0 Å². The zero-order valence-corrected chi connectivity index (χ0v) is 10.2. The molecule has 0 fully saturated rings. The van der Waals surface area contributed by atoms with Gasteiger partial charge in [0.25, 0.3) is 5.91 Å². The molecule has 6 nitrogen and oxygen atoms in total. The number of hydrogen-bond donors (Lipinski definition) is 2. The van der Waals surface area contributed by atoms with Crippen LogP contribution in [0.1, 0.15) is 16.3 Å². The molecular weight excluding hydrogens is 242 g/mol. The summed E-state index contributed by atoms with van der Waals surface area (Å²) in [6, 6.07) is 9.12. The van der Waals surface area contributed by atoms with Gasteiger partial charge < -0.3 is 4.98 Å². The van der Waals surface area contributed by atoms with Gasteiger partial charge in [-0.25, -0.2) is 15.0 Å². The molecule has 94 valence electrons. The number of imidazole rings is 1. The van der Waals surface area contributed by atoms with E-state index in [2.05, 4.69) is 25.3 Å². The highest BCUT2D eigenvalue weighted by Crippen LogP contribution is 2.13. The Hall–Kier alpha value is -2.76. The van der Waals surface area contributed by atoms with Gasteiger partial charge in [0.2, 0.25) is 5.95 Å². The van der Waals surface area contributed by atoms with Gasteiger partial charge in [-0.3, -0.25) is 10.1 Å². The fourth-order valence-corrected chi connectivity index (χ4v) is 1.77. The van der Waals surface area contributed by atoms with Crippen LogP contribution < -0.4 is 5.32 Å². The highest BCUT2D eigenvalue weighted by Gasteiger charge is 2.10. The Balaban J connectivity index is 1.86. The maximum Gasteiger partial charge on any atom is 0.276 e. The molecule has 0 saturated carbocycles. The molecule has 2 N–H and O–H groups in total. The standard InChI is InChI=1S/C13H11N5O/c1-8-14-7-6-11(15-8)12(19)18-13-16-9-4-2-3-5-10(9)17-13/h2-7H,1H3,(H2,16,17,18,19). The topological polar surface area (TPSA) is 83.6 Å². The van der Waals surface area contributed by atoms with E-state index < -0.39 is 0 Å². The molecule has 1 aromatic carbocycles. The van der Waals surface area contributed by atoms with Crippen molar-refractivity contribution in [2.75, 3.05) is 5.32 Å². The number of aromatic nitrogens is 4. The molecule has 2 aromatic heterocycles. The quantitative estimate of drug-likeness (QED) is 0.730. The van der Waals surface area contributed by atoms with E-state index in [0.717, 1.165) is 11.0 Å². The second-order valence-electron chi connectivity index (χ2n) is 4.05. The smallest absolute Gasteiger partial charge is 0.276 e. The Morgan fingerprint density at radius 2 is 2.05 bits per heavy atom. The van der Waals surface area contributed by atoms with Crippen LogP contribution >= 0.6 is 0 Å². The first-order chi connectivity index (χ1) is 9.22. The minimum Gasteiger partial charge on any atom is -0.324 e. The Labute approximate surface area is 108 Å². The number of nitrogens with zero attached hydrogens (tertiary/aromatic N) is 3. The molecule has 6 heteroatoms. The molecule has 0 spiro atoms. The van der Waals surface area contributed by atoms with Gasteiger partial charge in [0.1, 0.15) is 11.5 Å². The van der Waals surface area contributed by atoms with Crippen molar-refractivity contribution in [1.82, 2.24) is 19.9 Å². The molecule has 0 aliphatic carbocycles. The number of carbonyl (C=O) groups is 1. The van der Waals surface area contributed by atoms with Crippen molar-refractivity contribution in [3.05, 3.63) is 48.0 Å². The van der Waals surface area contributed by atoms with Crippen LogP contribution in [0.25, 0.3) is 11.0 Å². The van der Waals surface area contributed by atoms with Crippen LogP contribution in [0.2, 0.25) is 0 Å². The number of rotatable bonds is 2. The lowest BCUT2D eigenvalue weighted by atomic mass is 10.3. The van der Waals surface area contributed by atoms with Crippen molar-refractivity contribution < 1.29 is 4.79 Å². The van der Waals surface area contributed by atoms with Crippen LogP contribution in [0.3, 0.4) is 0 Å². The summed E-state index contributed by atoms with van der Waals surface area (Å²) in [6.45, 7) is 1.73. The lowest BCUT2D eigenvalue weighted by Gasteiger charge is -2.01. The highest BCUT2D eigenvalue weighted by molar-refractivity contribution is 6.02. The van der Waals surface area contributed by atoms with Crippen molar-refractivity contribution in [2.45, 2.75) is 6.92 Å². The Kier molecular flexibility index (Phi) is 2.68. The summed E-state index contributed by atoms with van der Waals surface area (Å²) in [5, 5.41) is 2.68. The van der Waals surface area contributed by atoms with Gasteiger partial charge in [0, 0.05) is 6.20 Å². The molecule has 0 atom stereocenters. The summed E-state index contributed by atoms with van der Waals surface area (Å²) in [7, 11) is 0. The summed E-state index contributed by atoms with van der Waals surface area (Å²) in [6.07, 6.45) is 1.55. The van der Waals surface area contributed by atoms with Crippen LogP contribution in [-0.4, -0.2) is 25.8 Å². The van der Waals surface area contributed by atoms with Crippen molar-refractivity contribution in [3.63, 3.8) is 0 Å². The van der Waals surface area contributed by atoms with E-state index in [9.17, 15) is 4.79 Å². The average molecular weight is 253 g/mol. The van der Waals surface area contributed by atoms with Crippen molar-refractivity contribution in [1.29, 1.82) is 0 Å². The molecule has 3 rings (SSSR count). The van der Waals surface area contributed by atoms with Gasteiger partial charge in [-0.05, 0) is 25.1 Å². The fourth-order valence-electron chi connectivity index (χ4n) is 1.77. The summed E-state index contributed by atoms with van der Waals surface area (Å²) in [5.74, 6) is 0.643. The predicted octanol–water partition coefficient (Wildman–Crippen LogP) is 1.91. The van der Waals surface area contributed by atoms with Gasteiger partial charge in [0.15, 0.2) is 0 Å². The lowest BCUT2D eigenvalue weighted by molar-refractivity contribution is 0.102. The Morgan fingerprint density at radius 3 is 2.84 bits per heavy atom. The number of H-pyrrole nitrogens is 1. The van der Waals surface area contributed by atoms with E-state index in [4.69, 9.17) is 0 Å². The second-order valence-corrected chi connectivity index (χ2v) is 4.05. The minimum absolute atomic E-state index is 0.313. The molecular formula is C13H11N5O. The van der Waals surface area contributed by atoms with E-state index in [0.29, 0.717) is 17.5 Å². The van der Waals surface area contributed by atoms with Crippen LogP contribution in [0.5, 0.6) is 0 Å². The monoisotopic (exact) mass is 253 g/mol. The zero-order valence-electron chi connectivity index (χ0n) is 10.2. The predicted molar refractivity (Wildman–Crippen MR) is 70.8 cm³/mol. The third kappa shape index (κ3) is 2.28. The maximum absolute atomic E-state index is 12.0. The van der Waals surface area contributed by atoms with E-state index >= 15 is 0 Å². The van der Waals surface area contributed by atoms with Crippen molar-refractivity contribution in [3.8, 4) is 0 Å². The number of aryl methyl sites for hydroxylation is 1. The summed E-state index contributed by atoms with van der Waals surface area (Å²) in [4.78, 5) is 27.3. The number of para-hydroxylation sites is 2. The summed E-state index contributed by atoms with van der Waals surface area (Å²) in [5.41, 5.74) is 1.99. The molecule has 0 unspecified atom stereocenters.